The van der Waals surface area contributed by atoms with Crippen LogP contribution in [0.4, 0.5) is 0 Å². The van der Waals surface area contributed by atoms with Crippen LogP contribution in [0, 0.1) is 10.8 Å². The van der Waals surface area contributed by atoms with E-state index in [-0.39, 0.29) is 34.7 Å². The van der Waals surface area contributed by atoms with Crippen molar-refractivity contribution in [2.45, 2.75) is 93.3 Å². The van der Waals surface area contributed by atoms with Crippen LogP contribution in [0.25, 0.3) is 0 Å². The van der Waals surface area contributed by atoms with Gasteiger partial charge in [0.15, 0.2) is 5.78 Å². The molecule has 0 aliphatic heterocycles. The Balaban J connectivity index is 3.19. The van der Waals surface area contributed by atoms with E-state index in [0.29, 0.717) is 0 Å². The highest BCUT2D eigenvalue weighted by molar-refractivity contribution is 5.92. The molecule has 0 fully saturated rings. The summed E-state index contributed by atoms with van der Waals surface area (Å²) in [7, 11) is 4.06. The SMILES string of the molecule is C=C(NC(C(=C)N(C)[C@H](/C=C(\C)C(C)=O)CC)C(C)(C)C)C(NC)C(C)(C)CC1=CC=C(C)C=C=C1. The molecule has 3 atom stereocenters. The number of nitrogens with one attached hydrogen (secondary N) is 2. The quantitative estimate of drug-likeness (QED) is 0.217. The second kappa shape index (κ2) is 13.1. The molecule has 0 heterocycles. The topological polar surface area (TPSA) is 44.4 Å². The summed E-state index contributed by atoms with van der Waals surface area (Å²) in [6.07, 6.45) is 12.2. The molecular formula is C32H51N3O. The Morgan fingerprint density at radius 1 is 1.11 bits per heavy atom. The van der Waals surface area contributed by atoms with Gasteiger partial charge in [-0.3, -0.25) is 4.79 Å². The van der Waals surface area contributed by atoms with Gasteiger partial charge in [0, 0.05) is 24.5 Å². The fraction of sp³-hybridized carbons (Fsp3) is 0.562. The molecule has 36 heavy (non-hydrogen) atoms. The molecule has 0 aromatic carbocycles. The average molecular weight is 494 g/mol. The lowest BCUT2D eigenvalue weighted by atomic mass is 9.76. The first kappa shape index (κ1) is 31.5. The third-order valence-corrected chi connectivity index (χ3v) is 7.11. The molecule has 1 aliphatic rings. The van der Waals surface area contributed by atoms with Crippen LogP contribution in [0.2, 0.25) is 0 Å². The van der Waals surface area contributed by atoms with Gasteiger partial charge in [0.25, 0.3) is 0 Å². The summed E-state index contributed by atoms with van der Waals surface area (Å²) in [5.74, 6) is 0.102. The molecule has 0 saturated heterocycles. The maximum atomic E-state index is 11.9. The van der Waals surface area contributed by atoms with Crippen molar-refractivity contribution in [1.82, 2.24) is 15.5 Å². The largest absolute Gasteiger partial charge is 0.379 e. The van der Waals surface area contributed by atoms with Crippen molar-refractivity contribution in [2.24, 2.45) is 10.8 Å². The van der Waals surface area contributed by atoms with E-state index in [2.05, 4.69) is 114 Å². The predicted molar refractivity (Wildman–Crippen MR) is 157 cm³/mol. The summed E-state index contributed by atoms with van der Waals surface area (Å²) in [5, 5.41) is 7.27. The van der Waals surface area contributed by atoms with Crippen LogP contribution in [0.15, 0.2) is 77.4 Å². The highest BCUT2D eigenvalue weighted by Gasteiger charge is 2.36. The van der Waals surface area contributed by atoms with E-state index in [1.165, 1.54) is 11.1 Å². The van der Waals surface area contributed by atoms with Crippen molar-refractivity contribution in [2.75, 3.05) is 14.1 Å². The van der Waals surface area contributed by atoms with Crippen LogP contribution < -0.4 is 10.6 Å². The Morgan fingerprint density at radius 3 is 2.22 bits per heavy atom. The average Bonchev–Trinajstić information content (AvgIpc) is 2.97. The molecule has 4 heteroatoms. The summed E-state index contributed by atoms with van der Waals surface area (Å²) in [5.41, 5.74) is 8.24. The number of ketones is 1. The molecule has 0 aromatic heterocycles. The van der Waals surface area contributed by atoms with Gasteiger partial charge in [0.05, 0.1) is 12.1 Å². The van der Waals surface area contributed by atoms with E-state index in [1.807, 2.05) is 20.0 Å². The fourth-order valence-corrected chi connectivity index (χ4v) is 4.78. The lowest BCUT2D eigenvalue weighted by molar-refractivity contribution is -0.113. The second-order valence-corrected chi connectivity index (χ2v) is 11.9. The van der Waals surface area contributed by atoms with Crippen molar-refractivity contribution in [3.63, 3.8) is 0 Å². The van der Waals surface area contributed by atoms with Crippen molar-refractivity contribution in [3.05, 3.63) is 77.4 Å². The Hall–Kier alpha value is -2.55. The first-order valence-corrected chi connectivity index (χ1v) is 13.1. The number of likely N-dealkylation sites (N-methyl/N-ethyl adjacent to an activating group) is 2. The molecule has 2 N–H and O–H groups in total. The molecule has 0 aromatic rings. The molecule has 2 unspecified atom stereocenters. The summed E-state index contributed by atoms with van der Waals surface area (Å²) in [6, 6.07) is 0.0949. The molecule has 1 aliphatic carbocycles. The second-order valence-electron chi connectivity index (χ2n) is 11.9. The van der Waals surface area contributed by atoms with Crippen LogP contribution in [0.1, 0.15) is 75.2 Å². The van der Waals surface area contributed by atoms with Crippen LogP contribution in [-0.4, -0.2) is 42.9 Å². The van der Waals surface area contributed by atoms with Crippen LogP contribution >= 0.6 is 0 Å². The summed E-state index contributed by atoms with van der Waals surface area (Å²) < 4.78 is 0. The summed E-state index contributed by atoms with van der Waals surface area (Å²) in [4.78, 5) is 14.0. The van der Waals surface area contributed by atoms with Crippen LogP contribution in [-0.2, 0) is 4.79 Å². The Kier molecular flexibility index (Phi) is 11.5. The number of hydrogen-bond donors (Lipinski definition) is 2. The van der Waals surface area contributed by atoms with Gasteiger partial charge in [-0.1, -0.05) is 72.9 Å². The van der Waals surface area contributed by atoms with Crippen molar-refractivity contribution < 1.29 is 4.79 Å². The van der Waals surface area contributed by atoms with E-state index in [4.69, 9.17) is 0 Å². The monoisotopic (exact) mass is 493 g/mol. The fourth-order valence-electron chi connectivity index (χ4n) is 4.78. The number of Topliss-reactive ketones (excluding diaryl/α,β-unsaturated/α-hetero) is 1. The highest BCUT2D eigenvalue weighted by atomic mass is 16.1. The third kappa shape index (κ3) is 8.84. The minimum atomic E-state index is -0.103. The lowest BCUT2D eigenvalue weighted by Gasteiger charge is -2.43. The molecule has 4 nitrogen and oxygen atoms in total. The third-order valence-electron chi connectivity index (χ3n) is 7.11. The summed E-state index contributed by atoms with van der Waals surface area (Å²) >= 11 is 0. The van der Waals surface area contributed by atoms with Gasteiger partial charge < -0.3 is 15.5 Å². The van der Waals surface area contributed by atoms with Gasteiger partial charge in [-0.25, -0.2) is 0 Å². The Morgan fingerprint density at radius 2 is 1.72 bits per heavy atom. The number of rotatable bonds is 13. The normalized spacial score (nSPS) is 16.9. The Labute approximate surface area is 221 Å². The van der Waals surface area contributed by atoms with Crippen LogP contribution in [0.3, 0.4) is 0 Å². The smallest absolute Gasteiger partial charge is 0.155 e. The molecule has 1 rings (SSSR count). The molecule has 0 radical (unpaired) electrons. The number of allylic oxidation sites excluding steroid dienone is 6. The molecule has 0 spiro atoms. The Bertz CT molecular complexity index is 977. The van der Waals surface area contributed by atoms with Gasteiger partial charge >= 0.3 is 0 Å². The maximum Gasteiger partial charge on any atom is 0.155 e. The van der Waals surface area contributed by atoms with Gasteiger partial charge in [-0.15, -0.1) is 5.73 Å². The highest BCUT2D eigenvalue weighted by Crippen LogP contribution is 2.35. The standard InChI is InChI=1S/C32H51N3O/c1-14-28(20-23(3)26(6)36)35(13)25(5)30(31(7,8)9)34-24(4)29(33-12)32(10,11)21-27-17-15-16-22(2)18-19-27/h16-20,28-30,33-34H,4-5,14,21H2,1-3,6-13H3/b23-20+/t28-,29?,30?/m0/s1. The molecule has 200 valence electrons. The van der Waals surface area contributed by atoms with E-state index >= 15 is 0 Å². The number of carbonyl (C=O) groups excluding carboxylic acids is 1. The van der Waals surface area contributed by atoms with Crippen molar-refractivity contribution in [1.29, 1.82) is 0 Å². The number of carbonyl (C=O) groups is 1. The molecule has 0 saturated carbocycles. The zero-order valence-corrected chi connectivity index (χ0v) is 24.8. The first-order valence-electron chi connectivity index (χ1n) is 13.1. The zero-order chi connectivity index (χ0) is 27.8. The number of hydrogen-bond acceptors (Lipinski definition) is 4. The molecular weight excluding hydrogens is 442 g/mol. The summed E-state index contributed by atoms with van der Waals surface area (Å²) in [6.45, 7) is 27.9. The maximum absolute atomic E-state index is 11.9. The van der Waals surface area contributed by atoms with E-state index < -0.39 is 0 Å². The first-order chi connectivity index (χ1) is 16.5. The molecule has 0 amide bonds. The minimum absolute atomic E-state index is 0.0350. The lowest BCUT2D eigenvalue weighted by Crippen LogP contribution is -2.52. The minimum Gasteiger partial charge on any atom is -0.379 e. The molecule has 0 bridgehead atoms. The van der Waals surface area contributed by atoms with Crippen molar-refractivity contribution in [3.8, 4) is 0 Å². The van der Waals surface area contributed by atoms with Gasteiger partial charge in [0.1, 0.15) is 0 Å². The van der Waals surface area contributed by atoms with Crippen molar-refractivity contribution >= 4 is 5.78 Å². The predicted octanol–water partition coefficient (Wildman–Crippen LogP) is 6.87. The van der Waals surface area contributed by atoms with Gasteiger partial charge in [-0.05, 0) is 80.4 Å². The number of nitrogens with zero attached hydrogens (tertiary/aromatic N) is 1. The van der Waals surface area contributed by atoms with E-state index in [9.17, 15) is 4.79 Å². The van der Waals surface area contributed by atoms with E-state index in [0.717, 1.165) is 29.8 Å². The van der Waals surface area contributed by atoms with E-state index in [1.54, 1.807) is 6.92 Å². The van der Waals surface area contributed by atoms with Gasteiger partial charge in [-0.2, -0.15) is 0 Å². The zero-order valence-electron chi connectivity index (χ0n) is 24.8. The van der Waals surface area contributed by atoms with Crippen LogP contribution in [0.5, 0.6) is 0 Å². The van der Waals surface area contributed by atoms with Gasteiger partial charge in [0.2, 0.25) is 0 Å².